The van der Waals surface area contributed by atoms with Gasteiger partial charge in [0, 0.05) is 60.2 Å². The highest BCUT2D eigenvalue weighted by molar-refractivity contribution is 6.32. The zero-order valence-corrected chi connectivity index (χ0v) is 47.1. The van der Waals surface area contributed by atoms with Gasteiger partial charge < -0.3 is 13.7 Å². The molecule has 3 heteroatoms. The van der Waals surface area contributed by atoms with Crippen LogP contribution < -0.4 is 0 Å². The number of rotatable bonds is 3. The Kier molecular flexibility index (Phi) is 11.6. The molecule has 3 aromatic heterocycles. The van der Waals surface area contributed by atoms with E-state index in [1.165, 1.54) is 164 Å². The first kappa shape index (κ1) is 49.1. The molecule has 0 N–H and O–H groups in total. The molecule has 0 radical (unpaired) electrons. The summed E-state index contributed by atoms with van der Waals surface area (Å²) < 4.78 is 7.26. The lowest BCUT2D eigenvalue weighted by molar-refractivity contribution is 1.17. The Morgan fingerprint density at radius 2 is 0.560 bits per heavy atom. The highest BCUT2D eigenvalue weighted by Crippen LogP contribution is 2.44. The molecule has 0 aliphatic rings. The smallest absolute Gasteiger partial charge is 0.0625 e. The molecule has 0 saturated heterocycles. The molecule has 0 amide bonds. The highest BCUT2D eigenvalue weighted by Gasteiger charge is 2.20. The van der Waals surface area contributed by atoms with Gasteiger partial charge in [0.25, 0.3) is 0 Å². The summed E-state index contributed by atoms with van der Waals surface area (Å²) in [5.74, 6) is 0. The van der Waals surface area contributed by atoms with Gasteiger partial charge in [0.15, 0.2) is 0 Å². The first-order valence-corrected chi connectivity index (χ1v) is 29.2. The minimum absolute atomic E-state index is 1.21. The molecule has 0 bridgehead atoms. The zero-order valence-electron chi connectivity index (χ0n) is 47.1. The van der Waals surface area contributed by atoms with Crippen molar-refractivity contribution >= 4 is 130 Å². The maximum absolute atomic E-state index is 2.44. The lowest BCUT2D eigenvalue weighted by Gasteiger charge is -2.12. The molecule has 18 aromatic rings. The fraction of sp³-hybridized carbons (Fsp3) is 0.0370. The van der Waals surface area contributed by atoms with Gasteiger partial charge in [0.1, 0.15) is 0 Å². The van der Waals surface area contributed by atoms with Crippen LogP contribution in [0.3, 0.4) is 0 Å². The van der Waals surface area contributed by atoms with E-state index in [-0.39, 0.29) is 0 Å². The molecule has 0 spiro atoms. The molecule has 0 aliphatic heterocycles. The minimum Gasteiger partial charge on any atom is -0.309 e. The van der Waals surface area contributed by atoms with Crippen LogP contribution in [0.1, 0.15) is 16.7 Å². The lowest BCUT2D eigenvalue weighted by Crippen LogP contribution is -1.95. The third-order valence-electron chi connectivity index (χ3n) is 17.4. The molecule has 0 saturated carbocycles. The maximum Gasteiger partial charge on any atom is 0.0625 e. The summed E-state index contributed by atoms with van der Waals surface area (Å²) >= 11 is 0. The second kappa shape index (κ2) is 19.8. The molecule has 18 rings (SSSR count). The third kappa shape index (κ3) is 7.88. The Balaban J connectivity index is 0.000000103. The fourth-order valence-electron chi connectivity index (χ4n) is 13.8. The van der Waals surface area contributed by atoms with Crippen LogP contribution in [-0.2, 0) is 0 Å². The molecule has 84 heavy (non-hydrogen) atoms. The Bertz CT molecular complexity index is 5670. The van der Waals surface area contributed by atoms with E-state index in [0.717, 1.165) is 0 Å². The largest absolute Gasteiger partial charge is 0.309 e. The van der Waals surface area contributed by atoms with Gasteiger partial charge in [-0.1, -0.05) is 224 Å². The van der Waals surface area contributed by atoms with E-state index in [1.54, 1.807) is 0 Å². The maximum atomic E-state index is 2.44. The number of aromatic nitrogens is 3. The van der Waals surface area contributed by atoms with E-state index in [4.69, 9.17) is 0 Å². The van der Waals surface area contributed by atoms with E-state index in [2.05, 4.69) is 326 Å². The summed E-state index contributed by atoms with van der Waals surface area (Å²) in [7, 11) is 0. The van der Waals surface area contributed by atoms with Crippen molar-refractivity contribution < 1.29 is 0 Å². The van der Waals surface area contributed by atoms with E-state index >= 15 is 0 Å². The van der Waals surface area contributed by atoms with E-state index in [1.807, 2.05) is 0 Å². The van der Waals surface area contributed by atoms with Crippen molar-refractivity contribution in [2.45, 2.75) is 20.8 Å². The molecular formula is C81H57N3. The number of aryl methyl sites for hydroxylation is 3. The molecule has 0 atom stereocenters. The van der Waals surface area contributed by atoms with Crippen molar-refractivity contribution in [3.63, 3.8) is 0 Å². The van der Waals surface area contributed by atoms with Crippen molar-refractivity contribution in [1.82, 2.24) is 13.7 Å². The van der Waals surface area contributed by atoms with Crippen LogP contribution in [0.4, 0.5) is 0 Å². The van der Waals surface area contributed by atoms with Gasteiger partial charge in [-0.05, 0) is 158 Å². The van der Waals surface area contributed by atoms with Crippen molar-refractivity contribution in [2.75, 3.05) is 0 Å². The normalized spacial score (nSPS) is 11.8. The van der Waals surface area contributed by atoms with Gasteiger partial charge in [0.2, 0.25) is 0 Å². The van der Waals surface area contributed by atoms with Gasteiger partial charge in [0.05, 0.1) is 33.1 Å². The quantitative estimate of drug-likeness (QED) is 0.157. The third-order valence-corrected chi connectivity index (χ3v) is 17.4. The lowest BCUT2D eigenvalue weighted by atomic mass is 9.97. The molecule has 0 fully saturated rings. The fourth-order valence-corrected chi connectivity index (χ4v) is 13.8. The van der Waals surface area contributed by atoms with Crippen LogP contribution in [0.5, 0.6) is 0 Å². The Morgan fingerprint density at radius 3 is 1.17 bits per heavy atom. The van der Waals surface area contributed by atoms with Gasteiger partial charge in [-0.3, -0.25) is 0 Å². The second-order valence-corrected chi connectivity index (χ2v) is 22.6. The highest BCUT2D eigenvalue weighted by atomic mass is 15.0. The predicted octanol–water partition coefficient (Wildman–Crippen LogP) is 22.2. The summed E-state index contributed by atoms with van der Waals surface area (Å²) in [6.45, 7) is 6.47. The predicted molar refractivity (Wildman–Crippen MR) is 362 cm³/mol. The van der Waals surface area contributed by atoms with Crippen molar-refractivity contribution in [3.05, 3.63) is 308 Å². The molecule has 0 unspecified atom stereocenters. The van der Waals surface area contributed by atoms with Crippen molar-refractivity contribution in [1.29, 1.82) is 0 Å². The summed E-state index contributed by atoms with van der Waals surface area (Å²) in [5, 5.41) is 23.5. The molecular weight excluding hydrogens is 1010 g/mol. The van der Waals surface area contributed by atoms with Crippen LogP contribution in [0.25, 0.3) is 147 Å². The Labute approximate surface area is 486 Å². The van der Waals surface area contributed by atoms with Crippen molar-refractivity contribution in [2.24, 2.45) is 0 Å². The Hall–Kier alpha value is -10.7. The van der Waals surface area contributed by atoms with Crippen molar-refractivity contribution in [3.8, 4) is 17.1 Å². The Morgan fingerprint density at radius 1 is 0.190 bits per heavy atom. The SMILES string of the molecule is Cc1cccc(-n2c3ccccc3c3c4ccccc4c4ccccc4c32)c1.Cc1cccc(-n2c3ccccc3c3cc4c(ccc5ccccc54)cc32)c1.Cc1cccc(-n2c3ccccc3c3ccc4c5ccccc5ccc4c32)c1. The van der Waals surface area contributed by atoms with Crippen LogP contribution in [0.2, 0.25) is 0 Å². The summed E-state index contributed by atoms with van der Waals surface area (Å²) in [4.78, 5) is 0. The molecule has 3 nitrogen and oxygen atoms in total. The second-order valence-electron chi connectivity index (χ2n) is 22.6. The summed E-state index contributed by atoms with van der Waals surface area (Å²) in [5.41, 5.74) is 15.1. The van der Waals surface area contributed by atoms with Crippen LogP contribution in [-0.4, -0.2) is 13.7 Å². The molecule has 0 aliphatic carbocycles. The number of para-hydroxylation sites is 3. The number of fused-ring (bicyclic) bond motifs is 21. The monoisotopic (exact) mass is 1070 g/mol. The number of hydrogen-bond acceptors (Lipinski definition) is 0. The van der Waals surface area contributed by atoms with Gasteiger partial charge >= 0.3 is 0 Å². The average Bonchev–Trinajstić information content (AvgIpc) is 1.94. The molecule has 3 heterocycles. The van der Waals surface area contributed by atoms with Crippen LogP contribution >= 0.6 is 0 Å². The summed E-state index contributed by atoms with van der Waals surface area (Å²) in [6, 6.07) is 106. The van der Waals surface area contributed by atoms with Gasteiger partial charge in [-0.2, -0.15) is 0 Å². The molecule has 15 aromatic carbocycles. The molecule has 396 valence electrons. The minimum atomic E-state index is 1.21. The van der Waals surface area contributed by atoms with Gasteiger partial charge in [-0.25, -0.2) is 0 Å². The van der Waals surface area contributed by atoms with E-state index in [0.29, 0.717) is 0 Å². The number of nitrogens with zero attached hydrogens (tertiary/aromatic N) is 3. The number of hydrogen-bond donors (Lipinski definition) is 0. The van der Waals surface area contributed by atoms with Crippen LogP contribution in [0, 0.1) is 20.8 Å². The van der Waals surface area contributed by atoms with E-state index < -0.39 is 0 Å². The van der Waals surface area contributed by atoms with Gasteiger partial charge in [-0.15, -0.1) is 0 Å². The first-order chi connectivity index (χ1) is 41.4. The average molecular weight is 1070 g/mol. The standard InChI is InChI=1S/3C27H19N/c1-18-9-8-10-19(17-18)28-25-16-7-6-15-24(25)26-22-13-4-2-11-20(22)21-12-3-5-14-23(21)27(26)28;1-18-7-6-9-21(15-18)28-26-12-5-4-11-23(26)25-17-24-20(16-27(25)28)14-13-19-8-2-3-10-22(19)24;1-18-7-6-9-20(17-18)28-26-12-5-4-11-23(26)25-16-15-22-21-10-3-2-8-19(21)13-14-24(22)27(25)28/h3*2-17H,1H3. The summed E-state index contributed by atoms with van der Waals surface area (Å²) in [6.07, 6.45) is 0. The van der Waals surface area contributed by atoms with Crippen LogP contribution in [0.15, 0.2) is 291 Å². The topological polar surface area (TPSA) is 14.8 Å². The zero-order chi connectivity index (χ0) is 56.0. The first-order valence-electron chi connectivity index (χ1n) is 29.2. The van der Waals surface area contributed by atoms with E-state index in [9.17, 15) is 0 Å². The number of benzene rings is 15.